The average molecular weight is 418 g/mol. The molecule has 0 bridgehead atoms. The number of aromatic amines is 1. The van der Waals surface area contributed by atoms with Gasteiger partial charge in [-0.05, 0) is 11.6 Å². The Bertz CT molecular complexity index is 1390. The van der Waals surface area contributed by atoms with Crippen LogP contribution in [0.25, 0.3) is 22.0 Å². The largest absolute Gasteiger partial charge is 0.277 e. The molecule has 144 valence electrons. The molecule has 3 aromatic rings. The molecule has 10 nitrogen and oxygen atoms in total. The fraction of sp³-hybridized carbons (Fsp3) is 0.125. The number of azo groups is 1. The monoisotopic (exact) mass is 418 g/mol. The van der Waals surface area contributed by atoms with Gasteiger partial charge in [-0.15, -0.1) is 5.11 Å². The molecule has 0 radical (unpaired) electrons. The molecule has 2 aromatic carbocycles. The summed E-state index contributed by atoms with van der Waals surface area (Å²) in [5.41, 5.74) is 1.63. The Morgan fingerprint density at radius 3 is 2.50 bits per heavy atom. The average Bonchev–Trinajstić information content (AvgIpc) is 3.30. The number of nitrogens with one attached hydrogen (secondary N) is 1. The number of para-hydroxylation sites is 1. The molecule has 0 saturated heterocycles. The number of primary sulfonamides is 1. The van der Waals surface area contributed by atoms with Crippen LogP contribution in [0.1, 0.15) is 5.56 Å². The second kappa shape index (κ2) is 6.29. The lowest BCUT2D eigenvalue weighted by atomic mass is 9.97. The maximum absolute atomic E-state index is 12.4. The number of hydrogen-bond acceptors (Lipinski definition) is 8. The maximum atomic E-state index is 12.4. The molecule has 1 aliphatic rings. The molecular formula is C16H14N6O4S2. The van der Waals surface area contributed by atoms with Crippen molar-refractivity contribution in [2.45, 2.75) is 9.79 Å². The van der Waals surface area contributed by atoms with Crippen LogP contribution in [0, 0.1) is 0 Å². The van der Waals surface area contributed by atoms with Crippen molar-refractivity contribution in [3.05, 3.63) is 42.1 Å². The lowest BCUT2D eigenvalue weighted by molar-refractivity contribution is 0.586. The molecule has 12 heteroatoms. The third-order valence-corrected chi connectivity index (χ3v) is 6.51. The number of benzene rings is 2. The number of aliphatic imine (C=N–C) groups is 1. The molecule has 0 aliphatic carbocycles. The van der Waals surface area contributed by atoms with Crippen molar-refractivity contribution in [2.24, 2.45) is 20.4 Å². The van der Waals surface area contributed by atoms with Crippen molar-refractivity contribution in [1.82, 2.24) is 10.2 Å². The fourth-order valence-corrected chi connectivity index (χ4v) is 5.53. The van der Waals surface area contributed by atoms with Gasteiger partial charge in [-0.3, -0.25) is 5.10 Å². The van der Waals surface area contributed by atoms with Gasteiger partial charge in [-0.1, -0.05) is 24.3 Å². The number of sulfone groups is 1. The smallest absolute Gasteiger partial charge is 0.240 e. The third kappa shape index (κ3) is 3.00. The van der Waals surface area contributed by atoms with E-state index in [9.17, 15) is 16.8 Å². The predicted molar refractivity (Wildman–Crippen MR) is 102 cm³/mol. The molecule has 2 heterocycles. The minimum absolute atomic E-state index is 0.000966. The van der Waals surface area contributed by atoms with Crippen LogP contribution < -0.4 is 5.14 Å². The summed E-state index contributed by atoms with van der Waals surface area (Å²) in [5, 5.41) is 20.7. The van der Waals surface area contributed by atoms with Crippen LogP contribution in [-0.4, -0.2) is 45.8 Å². The van der Waals surface area contributed by atoms with Crippen LogP contribution in [0.5, 0.6) is 0 Å². The number of rotatable bonds is 4. The Morgan fingerprint density at radius 2 is 1.86 bits per heavy atom. The van der Waals surface area contributed by atoms with E-state index in [2.05, 4.69) is 25.4 Å². The van der Waals surface area contributed by atoms with E-state index in [1.165, 1.54) is 12.1 Å². The summed E-state index contributed by atoms with van der Waals surface area (Å²) in [6.07, 6.45) is 2.53. The number of H-pyrrole nitrogens is 1. The Hall–Kier alpha value is -2.96. The number of amidine groups is 1. The number of nitrogens with two attached hydrogens (primary N) is 1. The summed E-state index contributed by atoms with van der Waals surface area (Å²) in [7, 11) is -8.35. The van der Waals surface area contributed by atoms with Crippen LogP contribution in [-0.2, 0) is 19.9 Å². The van der Waals surface area contributed by atoms with Gasteiger partial charge in [0.25, 0.3) is 0 Å². The van der Waals surface area contributed by atoms with Crippen LogP contribution >= 0.6 is 0 Å². The van der Waals surface area contributed by atoms with Crippen molar-refractivity contribution < 1.29 is 16.8 Å². The second-order valence-corrected chi connectivity index (χ2v) is 9.62. The van der Waals surface area contributed by atoms with Gasteiger partial charge < -0.3 is 0 Å². The van der Waals surface area contributed by atoms with E-state index in [0.29, 0.717) is 16.6 Å². The summed E-state index contributed by atoms with van der Waals surface area (Å²) in [6, 6.07) is 8.08. The highest BCUT2D eigenvalue weighted by atomic mass is 32.2. The van der Waals surface area contributed by atoms with Crippen molar-refractivity contribution in [1.29, 1.82) is 0 Å². The molecule has 1 aliphatic heterocycles. The Labute approximate surface area is 160 Å². The Balaban J connectivity index is 2.20. The van der Waals surface area contributed by atoms with Gasteiger partial charge in [0.15, 0.2) is 22.3 Å². The predicted octanol–water partition coefficient (Wildman–Crippen LogP) is 1.45. The molecule has 4 rings (SSSR count). The quantitative estimate of drug-likeness (QED) is 0.654. The number of hydrogen-bond donors (Lipinski definition) is 2. The third-order valence-electron chi connectivity index (χ3n) is 4.25. The van der Waals surface area contributed by atoms with Crippen molar-refractivity contribution >= 4 is 36.6 Å². The summed E-state index contributed by atoms with van der Waals surface area (Å²) in [6.45, 7) is 0.0101. The van der Waals surface area contributed by atoms with E-state index < -0.39 is 29.7 Å². The van der Waals surface area contributed by atoms with Gasteiger partial charge in [0.05, 0.1) is 22.2 Å². The molecule has 0 atom stereocenters. The number of nitrogens with zero attached hydrogens (tertiary/aromatic N) is 4. The summed E-state index contributed by atoms with van der Waals surface area (Å²) in [4.78, 5) is 3.13. The van der Waals surface area contributed by atoms with E-state index in [0.717, 1.165) is 11.6 Å². The summed E-state index contributed by atoms with van der Waals surface area (Å²) < 4.78 is 49.4. The molecule has 0 fully saturated rings. The van der Waals surface area contributed by atoms with Crippen LogP contribution in [0.2, 0.25) is 0 Å². The Kier molecular flexibility index (Phi) is 4.14. The van der Waals surface area contributed by atoms with Gasteiger partial charge in [-0.2, -0.15) is 10.2 Å². The zero-order valence-electron chi connectivity index (χ0n) is 14.5. The van der Waals surface area contributed by atoms with Gasteiger partial charge in [0.1, 0.15) is 4.90 Å². The van der Waals surface area contributed by atoms with E-state index >= 15 is 0 Å². The summed E-state index contributed by atoms with van der Waals surface area (Å²) in [5.74, 6) is 0.000966. The molecule has 0 amide bonds. The van der Waals surface area contributed by atoms with Gasteiger partial charge >= 0.3 is 0 Å². The molecule has 0 saturated carbocycles. The summed E-state index contributed by atoms with van der Waals surface area (Å²) >= 11 is 0. The molecule has 3 N–H and O–H groups in total. The van der Waals surface area contributed by atoms with Crippen molar-refractivity contribution in [3.63, 3.8) is 0 Å². The lowest BCUT2D eigenvalue weighted by Crippen LogP contribution is -2.21. The molecular weight excluding hydrogens is 404 g/mol. The first-order valence-electron chi connectivity index (χ1n) is 7.92. The Morgan fingerprint density at radius 1 is 1.07 bits per heavy atom. The van der Waals surface area contributed by atoms with E-state index in [1.54, 1.807) is 18.3 Å². The molecule has 0 spiro atoms. The SMILES string of the molecule is CS(=O)(=O)c1ccc(-c2cccc3cn[nH]c23)c(C2=NCN=N2)c1S(N)(=O)=O. The second-order valence-electron chi connectivity index (χ2n) is 6.14. The first kappa shape index (κ1) is 18.4. The first-order chi connectivity index (χ1) is 13.2. The minimum atomic E-state index is -4.44. The van der Waals surface area contributed by atoms with Gasteiger partial charge in [0, 0.05) is 17.2 Å². The molecule has 1 aromatic heterocycles. The van der Waals surface area contributed by atoms with E-state index in [-0.39, 0.29) is 18.1 Å². The normalized spacial score (nSPS) is 14.6. The minimum Gasteiger partial charge on any atom is -0.277 e. The van der Waals surface area contributed by atoms with Crippen LogP contribution in [0.3, 0.4) is 0 Å². The zero-order valence-corrected chi connectivity index (χ0v) is 16.1. The fourth-order valence-electron chi connectivity index (χ4n) is 3.14. The molecule has 28 heavy (non-hydrogen) atoms. The lowest BCUT2D eigenvalue weighted by Gasteiger charge is -2.16. The van der Waals surface area contributed by atoms with Crippen molar-refractivity contribution in [2.75, 3.05) is 12.9 Å². The number of sulfonamides is 1. The first-order valence-corrected chi connectivity index (χ1v) is 11.4. The van der Waals surface area contributed by atoms with Crippen LogP contribution in [0.15, 0.2) is 61.5 Å². The highest BCUT2D eigenvalue weighted by Crippen LogP contribution is 2.37. The molecule has 0 unspecified atom stereocenters. The number of fused-ring (bicyclic) bond motifs is 1. The van der Waals surface area contributed by atoms with E-state index in [4.69, 9.17) is 5.14 Å². The van der Waals surface area contributed by atoms with Crippen LogP contribution in [0.4, 0.5) is 0 Å². The topological polar surface area (TPSA) is 160 Å². The standard InChI is InChI=1S/C16H14N6O4S2/c1-27(23,24)12-6-5-10(11-4-2-3-9-7-19-21-14(9)11)13(15(12)28(17,25)26)16-18-8-20-22-16/h2-7H,8H2,1H3,(H,19,21)(H2,17,25,26). The van der Waals surface area contributed by atoms with Gasteiger partial charge in [-0.25, -0.2) is 27.0 Å². The number of aromatic nitrogens is 2. The van der Waals surface area contributed by atoms with Crippen molar-refractivity contribution in [3.8, 4) is 11.1 Å². The van der Waals surface area contributed by atoms with Gasteiger partial charge in [0.2, 0.25) is 10.0 Å². The highest BCUT2D eigenvalue weighted by molar-refractivity contribution is 7.93. The van der Waals surface area contributed by atoms with E-state index in [1.807, 2.05) is 6.07 Å². The maximum Gasteiger partial charge on any atom is 0.240 e. The zero-order chi connectivity index (χ0) is 20.1. The highest BCUT2D eigenvalue weighted by Gasteiger charge is 2.31.